The maximum absolute atomic E-state index is 13.8. The summed E-state index contributed by atoms with van der Waals surface area (Å²) in [6, 6.07) is -1.38. The third kappa shape index (κ3) is 11.7. The zero-order valence-electron chi connectivity index (χ0n) is 29.8. The largest absolute Gasteiger partial charge is 0.379 e. The van der Waals surface area contributed by atoms with Gasteiger partial charge in [0.2, 0.25) is 30.0 Å². The molecule has 1 aliphatic heterocycles. The van der Waals surface area contributed by atoms with E-state index in [9.17, 15) is 24.0 Å². The molecule has 2 N–H and O–H groups in total. The van der Waals surface area contributed by atoms with Gasteiger partial charge in [0, 0.05) is 41.4 Å². The fraction of sp³-hybridized carbons (Fsp3) is 0.743. The molecule has 0 aromatic rings. The Balaban J connectivity index is 2.05. The van der Waals surface area contributed by atoms with Crippen LogP contribution in [0.3, 0.4) is 0 Å². The van der Waals surface area contributed by atoms with Crippen LogP contribution in [0.1, 0.15) is 79.1 Å². The number of carbonyl (C=O) groups is 5. The van der Waals surface area contributed by atoms with E-state index in [1.807, 2.05) is 27.7 Å². The average molecular weight is 662 g/mol. The molecule has 6 unspecified atom stereocenters. The minimum Gasteiger partial charge on any atom is -0.379 e. The lowest BCUT2D eigenvalue weighted by molar-refractivity contribution is -0.144. The fourth-order valence-electron chi connectivity index (χ4n) is 6.77. The molecule has 2 aliphatic rings. The van der Waals surface area contributed by atoms with Crippen molar-refractivity contribution in [3.05, 3.63) is 23.8 Å². The Morgan fingerprint density at radius 3 is 2.36 bits per heavy atom. The summed E-state index contributed by atoms with van der Waals surface area (Å²) in [7, 11) is 6.32. The molecular weight excluding hydrogens is 602 g/mol. The molecule has 47 heavy (non-hydrogen) atoms. The summed E-state index contributed by atoms with van der Waals surface area (Å²) in [4.78, 5) is 68.8. The van der Waals surface area contributed by atoms with Crippen LogP contribution in [0.5, 0.6) is 0 Å². The van der Waals surface area contributed by atoms with Crippen LogP contribution in [0.25, 0.3) is 0 Å². The fourth-order valence-corrected chi connectivity index (χ4v) is 6.77. The van der Waals surface area contributed by atoms with Gasteiger partial charge in [0.25, 0.3) is 0 Å². The van der Waals surface area contributed by atoms with E-state index < -0.39 is 30.2 Å². The molecule has 0 saturated carbocycles. The number of nitrogens with one attached hydrogen (secondary N) is 2. The van der Waals surface area contributed by atoms with Crippen LogP contribution in [0.15, 0.2) is 23.8 Å². The molecule has 266 valence electrons. The Kier molecular flexibility index (Phi) is 17.2. The van der Waals surface area contributed by atoms with Crippen LogP contribution in [0.2, 0.25) is 0 Å². The number of ether oxygens (including phenoxy) is 2. The first-order valence-electron chi connectivity index (χ1n) is 17.1. The second-order valence-electron chi connectivity index (χ2n) is 13.2. The standard InChI is InChI=1S/C35H59N5O7/c1-9-25(4)34(39(6)32(44)22-37-35(45)33(24(2)3)38(5)23-41)29(47-8)21-31(43)40-19-13-16-27(40)28(46-7)20-30(42)36-18-17-26-14-11-10-12-15-26/h11,14-15,23-25,27-29,33-34H,9-10,12-13,16-22H2,1-8H3,(H,36,42)(H,37,45). The molecule has 0 aromatic carbocycles. The van der Waals surface area contributed by atoms with E-state index in [-0.39, 0.29) is 55.0 Å². The number of hydrogen-bond acceptors (Lipinski definition) is 7. The number of rotatable bonds is 20. The lowest BCUT2D eigenvalue weighted by Crippen LogP contribution is -2.55. The normalized spacial score (nSPS) is 19.3. The van der Waals surface area contributed by atoms with Crippen LogP contribution in [-0.4, -0.2) is 123 Å². The summed E-state index contributed by atoms with van der Waals surface area (Å²) in [5.41, 5.74) is 1.23. The van der Waals surface area contributed by atoms with E-state index in [1.54, 1.807) is 31.1 Å². The first-order valence-corrected chi connectivity index (χ1v) is 17.1. The Morgan fingerprint density at radius 1 is 1.06 bits per heavy atom. The summed E-state index contributed by atoms with van der Waals surface area (Å²) in [5, 5.41) is 5.68. The molecule has 0 spiro atoms. The van der Waals surface area contributed by atoms with Gasteiger partial charge in [-0.15, -0.1) is 0 Å². The number of methoxy groups -OCH3 is 2. The smallest absolute Gasteiger partial charge is 0.243 e. The average Bonchev–Trinajstić information content (AvgIpc) is 3.55. The molecule has 0 bridgehead atoms. The van der Waals surface area contributed by atoms with Crippen molar-refractivity contribution < 1.29 is 33.4 Å². The van der Waals surface area contributed by atoms with Crippen LogP contribution < -0.4 is 10.6 Å². The third-order valence-corrected chi connectivity index (χ3v) is 9.59. The van der Waals surface area contributed by atoms with Gasteiger partial charge in [-0.2, -0.15) is 0 Å². The van der Waals surface area contributed by atoms with Gasteiger partial charge in [-0.25, -0.2) is 0 Å². The molecule has 6 atom stereocenters. The molecule has 5 amide bonds. The van der Waals surface area contributed by atoms with Gasteiger partial charge in [-0.3, -0.25) is 24.0 Å². The van der Waals surface area contributed by atoms with Crippen molar-refractivity contribution in [1.82, 2.24) is 25.3 Å². The summed E-state index contributed by atoms with van der Waals surface area (Å²) in [6.45, 7) is 8.56. The number of allylic oxidation sites excluding steroid dienone is 3. The number of nitrogens with zero attached hydrogens (tertiary/aromatic N) is 3. The van der Waals surface area contributed by atoms with Crippen molar-refractivity contribution in [1.29, 1.82) is 0 Å². The number of amides is 5. The van der Waals surface area contributed by atoms with Crippen molar-refractivity contribution in [3.63, 3.8) is 0 Å². The summed E-state index contributed by atoms with van der Waals surface area (Å²) >= 11 is 0. The molecule has 1 saturated heterocycles. The van der Waals surface area contributed by atoms with Gasteiger partial charge in [-0.05, 0) is 43.9 Å². The van der Waals surface area contributed by atoms with Crippen molar-refractivity contribution >= 4 is 30.0 Å². The van der Waals surface area contributed by atoms with E-state index in [1.165, 1.54) is 17.5 Å². The summed E-state index contributed by atoms with van der Waals surface area (Å²) < 4.78 is 11.6. The molecule has 1 aliphatic carbocycles. The Hall–Kier alpha value is -3.25. The zero-order chi connectivity index (χ0) is 35.1. The Morgan fingerprint density at radius 2 is 1.79 bits per heavy atom. The van der Waals surface area contributed by atoms with Crippen LogP contribution in [-0.2, 0) is 33.4 Å². The van der Waals surface area contributed by atoms with Gasteiger partial charge in [0.1, 0.15) is 6.04 Å². The van der Waals surface area contributed by atoms with E-state index in [0.717, 1.165) is 38.5 Å². The summed E-state index contributed by atoms with van der Waals surface area (Å²) in [5.74, 6) is -1.10. The maximum Gasteiger partial charge on any atom is 0.243 e. The molecule has 0 radical (unpaired) electrons. The Labute approximate surface area is 281 Å². The van der Waals surface area contributed by atoms with Gasteiger partial charge < -0.3 is 34.8 Å². The van der Waals surface area contributed by atoms with Crippen LogP contribution in [0.4, 0.5) is 0 Å². The highest BCUT2D eigenvalue weighted by Gasteiger charge is 2.40. The minimum absolute atomic E-state index is 0.00771. The van der Waals surface area contributed by atoms with Crippen molar-refractivity contribution in [2.75, 3.05) is 47.9 Å². The van der Waals surface area contributed by atoms with Gasteiger partial charge in [0.15, 0.2) is 0 Å². The van der Waals surface area contributed by atoms with E-state index in [0.29, 0.717) is 19.5 Å². The Bertz CT molecular complexity index is 1110. The second-order valence-corrected chi connectivity index (χ2v) is 13.2. The van der Waals surface area contributed by atoms with Crippen LogP contribution in [0, 0.1) is 11.8 Å². The van der Waals surface area contributed by atoms with Crippen molar-refractivity contribution in [3.8, 4) is 0 Å². The molecule has 2 rings (SSSR count). The third-order valence-electron chi connectivity index (χ3n) is 9.59. The van der Waals surface area contributed by atoms with E-state index >= 15 is 0 Å². The monoisotopic (exact) mass is 661 g/mol. The SMILES string of the molecule is CCC(C)C(C(CC(=O)N1CCCC1C(CC(=O)NCCC1=CCCC=C1)OC)OC)N(C)C(=O)CNC(=O)C(C(C)C)N(C)C=O. The highest BCUT2D eigenvalue weighted by Crippen LogP contribution is 2.27. The lowest BCUT2D eigenvalue weighted by atomic mass is 9.90. The maximum atomic E-state index is 13.8. The van der Waals surface area contributed by atoms with Crippen molar-refractivity contribution in [2.24, 2.45) is 11.8 Å². The quantitative estimate of drug-likeness (QED) is 0.192. The van der Waals surface area contributed by atoms with Gasteiger partial charge in [0.05, 0.1) is 43.7 Å². The first kappa shape index (κ1) is 39.9. The van der Waals surface area contributed by atoms with Crippen LogP contribution >= 0.6 is 0 Å². The number of hydrogen-bond donors (Lipinski definition) is 2. The molecular formula is C35H59N5O7. The highest BCUT2D eigenvalue weighted by molar-refractivity contribution is 5.88. The van der Waals surface area contributed by atoms with E-state index in [4.69, 9.17) is 9.47 Å². The van der Waals surface area contributed by atoms with E-state index in [2.05, 4.69) is 28.9 Å². The summed E-state index contributed by atoms with van der Waals surface area (Å²) in [6.07, 6.45) is 11.4. The predicted octanol–water partition coefficient (Wildman–Crippen LogP) is 2.67. The predicted molar refractivity (Wildman–Crippen MR) is 181 cm³/mol. The molecule has 12 heteroatoms. The molecule has 1 heterocycles. The molecule has 0 aromatic heterocycles. The van der Waals surface area contributed by atoms with Crippen molar-refractivity contribution in [2.45, 2.75) is 109 Å². The topological polar surface area (TPSA) is 138 Å². The number of carbonyl (C=O) groups excluding carboxylic acids is 5. The first-order chi connectivity index (χ1) is 22.4. The highest BCUT2D eigenvalue weighted by atomic mass is 16.5. The number of likely N-dealkylation sites (N-methyl/N-ethyl adjacent to an activating group) is 2. The number of likely N-dealkylation sites (tertiary alicyclic amines) is 1. The molecule has 1 fully saturated rings. The minimum atomic E-state index is -0.702. The van der Waals surface area contributed by atoms with Gasteiger partial charge >= 0.3 is 0 Å². The molecule has 12 nitrogen and oxygen atoms in total. The second kappa shape index (κ2) is 20.2. The zero-order valence-corrected chi connectivity index (χ0v) is 29.8. The van der Waals surface area contributed by atoms with Gasteiger partial charge in [-0.1, -0.05) is 57.9 Å². The lowest BCUT2D eigenvalue weighted by Gasteiger charge is -2.39.